The van der Waals surface area contributed by atoms with E-state index in [1.165, 1.54) is 0 Å². The van der Waals surface area contributed by atoms with Gasteiger partial charge in [0.15, 0.2) is 0 Å². The van der Waals surface area contributed by atoms with E-state index in [-0.39, 0.29) is 18.5 Å². The van der Waals surface area contributed by atoms with Gasteiger partial charge >= 0.3 is 12.0 Å². The molecule has 1 unspecified atom stereocenters. The van der Waals surface area contributed by atoms with Crippen LogP contribution in [0.1, 0.15) is 30.9 Å². The van der Waals surface area contributed by atoms with Crippen LogP contribution in [0, 0.1) is 13.8 Å². The smallest absolute Gasteiger partial charge is 0.319 e. The van der Waals surface area contributed by atoms with Crippen LogP contribution in [0.2, 0.25) is 0 Å². The zero-order valence-corrected chi connectivity index (χ0v) is 11.5. The summed E-state index contributed by atoms with van der Waals surface area (Å²) in [5, 5.41) is 14.1. The van der Waals surface area contributed by atoms with Crippen LogP contribution in [0.3, 0.4) is 0 Å². The molecule has 0 saturated carbocycles. The highest BCUT2D eigenvalue weighted by Crippen LogP contribution is 2.14. The van der Waals surface area contributed by atoms with Gasteiger partial charge in [0.2, 0.25) is 0 Å². The van der Waals surface area contributed by atoms with Crippen molar-refractivity contribution >= 4 is 17.7 Å². The van der Waals surface area contributed by atoms with Gasteiger partial charge in [-0.05, 0) is 43.5 Å². The van der Waals surface area contributed by atoms with Crippen LogP contribution in [0.4, 0.5) is 10.5 Å². The van der Waals surface area contributed by atoms with Crippen LogP contribution >= 0.6 is 0 Å². The molecule has 0 aliphatic heterocycles. The number of benzene rings is 1. The SMILES string of the molecule is CCC(CC(=O)O)NC(=O)Nc1ccc(C)c(C)c1. The molecule has 0 bridgehead atoms. The molecule has 5 nitrogen and oxygen atoms in total. The Bertz CT molecular complexity index is 472. The van der Waals surface area contributed by atoms with Crippen molar-refractivity contribution in [3.8, 4) is 0 Å². The molecule has 1 aromatic carbocycles. The van der Waals surface area contributed by atoms with Gasteiger partial charge in [-0.3, -0.25) is 4.79 Å². The molecule has 3 N–H and O–H groups in total. The topological polar surface area (TPSA) is 78.4 Å². The molecule has 1 rings (SSSR count). The standard InChI is InChI=1S/C14H20N2O3/c1-4-11(8-13(17)18)15-14(19)16-12-6-5-9(2)10(3)7-12/h5-7,11H,4,8H2,1-3H3,(H,17,18)(H2,15,16,19). The molecule has 0 fully saturated rings. The lowest BCUT2D eigenvalue weighted by Crippen LogP contribution is -2.38. The van der Waals surface area contributed by atoms with Crippen molar-refractivity contribution < 1.29 is 14.7 Å². The van der Waals surface area contributed by atoms with E-state index in [0.29, 0.717) is 12.1 Å². The lowest BCUT2D eigenvalue weighted by atomic mass is 10.1. The summed E-state index contributed by atoms with van der Waals surface area (Å²) in [4.78, 5) is 22.4. The first kappa shape index (κ1) is 15.0. The highest BCUT2D eigenvalue weighted by Gasteiger charge is 2.13. The molecule has 1 atom stereocenters. The number of nitrogens with one attached hydrogen (secondary N) is 2. The van der Waals surface area contributed by atoms with Gasteiger partial charge in [0.1, 0.15) is 0 Å². The Morgan fingerprint density at radius 3 is 2.47 bits per heavy atom. The molecule has 0 aliphatic rings. The normalized spacial score (nSPS) is 11.7. The number of amides is 2. The minimum atomic E-state index is -0.918. The van der Waals surface area contributed by atoms with Crippen molar-refractivity contribution in [1.29, 1.82) is 0 Å². The van der Waals surface area contributed by atoms with E-state index in [9.17, 15) is 9.59 Å². The number of urea groups is 1. The third kappa shape index (κ3) is 4.99. The Balaban J connectivity index is 2.58. The summed E-state index contributed by atoms with van der Waals surface area (Å²) in [7, 11) is 0. The zero-order chi connectivity index (χ0) is 14.4. The predicted octanol–water partition coefficient (Wildman–Crippen LogP) is 2.68. The molecule has 19 heavy (non-hydrogen) atoms. The van der Waals surface area contributed by atoms with Crippen LogP contribution in [0.15, 0.2) is 18.2 Å². The van der Waals surface area contributed by atoms with E-state index in [1.54, 1.807) is 0 Å². The maximum Gasteiger partial charge on any atom is 0.319 e. The summed E-state index contributed by atoms with van der Waals surface area (Å²) in [6.07, 6.45) is 0.503. The number of hydrogen-bond donors (Lipinski definition) is 3. The Morgan fingerprint density at radius 1 is 1.26 bits per heavy atom. The van der Waals surface area contributed by atoms with Crippen LogP contribution in [-0.4, -0.2) is 23.1 Å². The number of aliphatic carboxylic acids is 1. The minimum absolute atomic E-state index is 0.0726. The van der Waals surface area contributed by atoms with E-state index in [4.69, 9.17) is 5.11 Å². The van der Waals surface area contributed by atoms with Gasteiger partial charge in [-0.15, -0.1) is 0 Å². The highest BCUT2D eigenvalue weighted by atomic mass is 16.4. The number of carbonyl (C=O) groups excluding carboxylic acids is 1. The molecular weight excluding hydrogens is 244 g/mol. The minimum Gasteiger partial charge on any atom is -0.481 e. The van der Waals surface area contributed by atoms with Crippen molar-refractivity contribution in [1.82, 2.24) is 5.32 Å². The average molecular weight is 264 g/mol. The third-order valence-electron chi connectivity index (χ3n) is 3.01. The summed E-state index contributed by atoms with van der Waals surface area (Å²) in [5.41, 5.74) is 2.95. The quantitative estimate of drug-likeness (QED) is 0.765. The first-order chi connectivity index (χ1) is 8.92. The van der Waals surface area contributed by atoms with Crippen molar-refractivity contribution in [2.45, 2.75) is 39.7 Å². The van der Waals surface area contributed by atoms with Crippen molar-refractivity contribution in [2.75, 3.05) is 5.32 Å². The van der Waals surface area contributed by atoms with Crippen molar-refractivity contribution in [3.05, 3.63) is 29.3 Å². The first-order valence-electron chi connectivity index (χ1n) is 6.29. The first-order valence-corrected chi connectivity index (χ1v) is 6.29. The van der Waals surface area contributed by atoms with Crippen molar-refractivity contribution in [2.24, 2.45) is 0 Å². The van der Waals surface area contributed by atoms with E-state index in [1.807, 2.05) is 39.0 Å². The lowest BCUT2D eigenvalue weighted by Gasteiger charge is -2.15. The van der Waals surface area contributed by atoms with Gasteiger partial charge in [-0.2, -0.15) is 0 Å². The molecule has 104 valence electrons. The number of rotatable bonds is 5. The Morgan fingerprint density at radius 2 is 1.95 bits per heavy atom. The summed E-state index contributed by atoms with van der Waals surface area (Å²) in [5.74, 6) is -0.918. The van der Waals surface area contributed by atoms with Crippen LogP contribution in [0.25, 0.3) is 0 Å². The number of anilines is 1. The fraction of sp³-hybridized carbons (Fsp3) is 0.429. The Hall–Kier alpha value is -2.04. The second kappa shape index (κ2) is 6.78. The maximum atomic E-state index is 11.7. The number of carboxylic acids is 1. The lowest BCUT2D eigenvalue weighted by molar-refractivity contribution is -0.137. The van der Waals surface area contributed by atoms with Gasteiger partial charge in [0.25, 0.3) is 0 Å². The number of aryl methyl sites for hydroxylation is 2. The van der Waals surface area contributed by atoms with Gasteiger partial charge in [0.05, 0.1) is 6.42 Å². The fourth-order valence-electron chi connectivity index (χ4n) is 1.68. The number of carboxylic acid groups (broad SMARTS) is 1. The molecule has 0 heterocycles. The monoisotopic (exact) mass is 264 g/mol. The molecule has 2 amide bonds. The molecule has 5 heteroatoms. The molecular formula is C14H20N2O3. The molecule has 1 aromatic rings. The van der Waals surface area contributed by atoms with Gasteiger partial charge in [0, 0.05) is 11.7 Å². The van der Waals surface area contributed by atoms with Crippen LogP contribution in [-0.2, 0) is 4.79 Å². The van der Waals surface area contributed by atoms with E-state index in [2.05, 4.69) is 10.6 Å². The Labute approximate surface area is 113 Å². The zero-order valence-electron chi connectivity index (χ0n) is 11.5. The van der Waals surface area contributed by atoms with E-state index < -0.39 is 5.97 Å². The number of hydrogen-bond acceptors (Lipinski definition) is 2. The van der Waals surface area contributed by atoms with Gasteiger partial charge < -0.3 is 15.7 Å². The molecule has 0 aliphatic carbocycles. The number of carbonyl (C=O) groups is 2. The van der Waals surface area contributed by atoms with Crippen molar-refractivity contribution in [3.63, 3.8) is 0 Å². The van der Waals surface area contributed by atoms with Gasteiger partial charge in [-0.1, -0.05) is 13.0 Å². The van der Waals surface area contributed by atoms with Crippen LogP contribution in [0.5, 0.6) is 0 Å². The fourth-order valence-corrected chi connectivity index (χ4v) is 1.68. The second-order valence-electron chi connectivity index (χ2n) is 4.60. The largest absolute Gasteiger partial charge is 0.481 e. The van der Waals surface area contributed by atoms with E-state index in [0.717, 1.165) is 11.1 Å². The molecule has 0 radical (unpaired) electrons. The maximum absolute atomic E-state index is 11.7. The highest BCUT2D eigenvalue weighted by molar-refractivity contribution is 5.89. The predicted molar refractivity (Wildman–Crippen MR) is 74.4 cm³/mol. The molecule has 0 aromatic heterocycles. The average Bonchev–Trinajstić information content (AvgIpc) is 2.32. The summed E-state index contributed by atoms with van der Waals surface area (Å²) < 4.78 is 0. The summed E-state index contributed by atoms with van der Waals surface area (Å²) >= 11 is 0. The van der Waals surface area contributed by atoms with E-state index >= 15 is 0 Å². The molecule has 0 spiro atoms. The van der Waals surface area contributed by atoms with Crippen LogP contribution < -0.4 is 10.6 Å². The molecule has 0 saturated heterocycles. The van der Waals surface area contributed by atoms with Gasteiger partial charge in [-0.25, -0.2) is 4.79 Å². The second-order valence-corrected chi connectivity index (χ2v) is 4.60. The summed E-state index contributed by atoms with van der Waals surface area (Å²) in [6, 6.07) is 4.90. The summed E-state index contributed by atoms with van der Waals surface area (Å²) in [6.45, 7) is 5.81. The third-order valence-corrected chi connectivity index (χ3v) is 3.01. The Kier molecular flexibility index (Phi) is 5.36.